The zero-order valence-electron chi connectivity index (χ0n) is 20.4. The Kier molecular flexibility index (Phi) is 19.1. The molecule has 7 heteroatoms. The van der Waals surface area contributed by atoms with E-state index in [1.807, 2.05) is 0 Å². The summed E-state index contributed by atoms with van der Waals surface area (Å²) < 4.78 is 23.2. The lowest BCUT2D eigenvalue weighted by atomic mass is 10.1. The molecule has 176 valence electrons. The first-order valence-electron chi connectivity index (χ1n) is 12.0. The molecule has 0 aromatic rings. The lowest BCUT2D eigenvalue weighted by Crippen LogP contribution is -2.44. The van der Waals surface area contributed by atoms with Gasteiger partial charge >= 0.3 is 0 Å². The minimum Gasteiger partial charge on any atom is -0.424 e. The van der Waals surface area contributed by atoms with Gasteiger partial charge in [-0.1, -0.05) is 25.7 Å². The van der Waals surface area contributed by atoms with Crippen LogP contribution in [0.1, 0.15) is 80.1 Å². The fourth-order valence-electron chi connectivity index (χ4n) is 3.07. The van der Waals surface area contributed by atoms with E-state index in [-0.39, 0.29) is 30.7 Å². The van der Waals surface area contributed by atoms with Crippen LogP contribution in [-0.4, -0.2) is 70.2 Å². The van der Waals surface area contributed by atoms with Gasteiger partial charge in [-0.05, 0) is 66.5 Å². The van der Waals surface area contributed by atoms with Gasteiger partial charge in [0, 0.05) is 39.5 Å². The zero-order chi connectivity index (χ0) is 21.8. The van der Waals surface area contributed by atoms with E-state index in [1.54, 1.807) is 0 Å². The fourth-order valence-corrected chi connectivity index (χ4v) is 5.17. The summed E-state index contributed by atoms with van der Waals surface area (Å²) in [5.41, 5.74) is -0.277. The van der Waals surface area contributed by atoms with Crippen molar-refractivity contribution >= 4 is 19.5 Å². The van der Waals surface area contributed by atoms with E-state index < -0.39 is 0 Å². The standard InChI is InChI=1S/C22H51NO4Si2/c1-7-26-28-17-13-9-11-15-24-21(3,4)19-23-20-22(5,6)25-16-12-10-14-18-29-27-8-2/h23H,7-20,28-29H2,1-6H3. The number of nitrogens with one attached hydrogen (secondary N) is 1. The maximum atomic E-state index is 6.10. The minimum absolute atomic E-state index is 0.138. The normalized spacial score (nSPS) is 13.4. The molecule has 0 radical (unpaired) electrons. The van der Waals surface area contributed by atoms with Gasteiger partial charge in [0.2, 0.25) is 0 Å². The molecular weight excluding hydrogens is 398 g/mol. The second-order valence-electron chi connectivity index (χ2n) is 9.04. The summed E-state index contributed by atoms with van der Waals surface area (Å²) in [4.78, 5) is 0. The molecule has 0 bridgehead atoms. The summed E-state index contributed by atoms with van der Waals surface area (Å²) in [6, 6.07) is 2.59. The van der Waals surface area contributed by atoms with Gasteiger partial charge in [0.15, 0.2) is 19.5 Å². The summed E-state index contributed by atoms with van der Waals surface area (Å²) in [6.07, 6.45) is 7.36. The van der Waals surface area contributed by atoms with E-state index in [0.29, 0.717) is 0 Å². The van der Waals surface area contributed by atoms with Crippen molar-refractivity contribution in [1.29, 1.82) is 0 Å². The quantitative estimate of drug-likeness (QED) is 0.202. The Morgan fingerprint density at radius 2 is 1.03 bits per heavy atom. The van der Waals surface area contributed by atoms with Crippen LogP contribution < -0.4 is 5.32 Å². The van der Waals surface area contributed by atoms with Crippen LogP contribution in [0.2, 0.25) is 12.1 Å². The van der Waals surface area contributed by atoms with Crippen LogP contribution in [0.15, 0.2) is 0 Å². The van der Waals surface area contributed by atoms with Crippen molar-refractivity contribution in [3.63, 3.8) is 0 Å². The highest BCUT2D eigenvalue weighted by atomic mass is 28.2. The van der Waals surface area contributed by atoms with Crippen LogP contribution in [0, 0.1) is 0 Å². The van der Waals surface area contributed by atoms with Gasteiger partial charge in [0.05, 0.1) is 11.2 Å². The van der Waals surface area contributed by atoms with Gasteiger partial charge in [0.25, 0.3) is 0 Å². The first-order valence-corrected chi connectivity index (χ1v) is 15.1. The van der Waals surface area contributed by atoms with E-state index >= 15 is 0 Å². The van der Waals surface area contributed by atoms with Crippen LogP contribution in [-0.2, 0) is 18.3 Å². The molecule has 0 aliphatic rings. The highest BCUT2D eigenvalue weighted by Crippen LogP contribution is 2.13. The van der Waals surface area contributed by atoms with Crippen LogP contribution >= 0.6 is 0 Å². The van der Waals surface area contributed by atoms with E-state index in [1.165, 1.54) is 37.8 Å². The van der Waals surface area contributed by atoms with Crippen LogP contribution in [0.25, 0.3) is 0 Å². The Bertz CT molecular complexity index is 326. The first kappa shape index (κ1) is 29.2. The van der Waals surface area contributed by atoms with E-state index in [0.717, 1.165) is 52.4 Å². The van der Waals surface area contributed by atoms with Gasteiger partial charge < -0.3 is 23.6 Å². The number of hydrogen-bond donors (Lipinski definition) is 1. The lowest BCUT2D eigenvalue weighted by molar-refractivity contribution is -0.0363. The molecule has 0 aromatic carbocycles. The van der Waals surface area contributed by atoms with Crippen molar-refractivity contribution in [2.75, 3.05) is 39.5 Å². The molecule has 0 rings (SSSR count). The Morgan fingerprint density at radius 1 is 0.621 bits per heavy atom. The zero-order valence-corrected chi connectivity index (χ0v) is 23.3. The molecule has 0 fully saturated rings. The summed E-state index contributed by atoms with van der Waals surface area (Å²) in [6.45, 7) is 18.0. The molecule has 1 N–H and O–H groups in total. The molecule has 0 aliphatic carbocycles. The van der Waals surface area contributed by atoms with Gasteiger partial charge in [-0.3, -0.25) is 0 Å². The second kappa shape index (κ2) is 19.0. The maximum Gasteiger partial charge on any atom is 0.161 e. The molecule has 0 spiro atoms. The molecule has 0 aromatic heterocycles. The molecule has 5 nitrogen and oxygen atoms in total. The summed E-state index contributed by atoms with van der Waals surface area (Å²) >= 11 is 0. The van der Waals surface area contributed by atoms with E-state index in [9.17, 15) is 0 Å². The second-order valence-corrected chi connectivity index (χ2v) is 12.1. The average Bonchev–Trinajstić information content (AvgIpc) is 2.65. The Balaban J connectivity index is 3.65. The third kappa shape index (κ3) is 21.3. The highest BCUT2D eigenvalue weighted by Gasteiger charge is 2.22. The molecule has 0 saturated carbocycles. The topological polar surface area (TPSA) is 49.0 Å². The fraction of sp³-hybridized carbons (Fsp3) is 1.00. The third-order valence-electron chi connectivity index (χ3n) is 4.86. The number of hydrogen-bond acceptors (Lipinski definition) is 5. The van der Waals surface area contributed by atoms with Crippen molar-refractivity contribution in [1.82, 2.24) is 5.32 Å². The van der Waals surface area contributed by atoms with Crippen molar-refractivity contribution in [3.05, 3.63) is 0 Å². The predicted octanol–water partition coefficient (Wildman–Crippen LogP) is 3.58. The number of ether oxygens (including phenoxy) is 2. The molecule has 0 heterocycles. The van der Waals surface area contributed by atoms with E-state index in [4.69, 9.17) is 18.3 Å². The minimum atomic E-state index is -0.256. The monoisotopic (exact) mass is 449 g/mol. The Hall–Kier alpha value is 0.234. The lowest BCUT2D eigenvalue weighted by Gasteiger charge is -2.30. The molecule has 29 heavy (non-hydrogen) atoms. The van der Waals surface area contributed by atoms with Crippen LogP contribution in [0.3, 0.4) is 0 Å². The highest BCUT2D eigenvalue weighted by molar-refractivity contribution is 6.27. The smallest absolute Gasteiger partial charge is 0.161 e. The van der Waals surface area contributed by atoms with Crippen molar-refractivity contribution in [2.45, 2.75) is 103 Å². The summed E-state index contributed by atoms with van der Waals surface area (Å²) in [7, 11) is -0.512. The molecular formula is C22H51NO4Si2. The molecule has 0 atom stereocenters. The molecule has 0 unspecified atom stereocenters. The molecule has 0 saturated heterocycles. The van der Waals surface area contributed by atoms with Gasteiger partial charge in [0.1, 0.15) is 0 Å². The third-order valence-corrected chi connectivity index (χ3v) is 7.83. The van der Waals surface area contributed by atoms with Gasteiger partial charge in [-0.2, -0.15) is 0 Å². The Labute approximate surface area is 186 Å². The van der Waals surface area contributed by atoms with Crippen LogP contribution in [0.4, 0.5) is 0 Å². The Morgan fingerprint density at radius 3 is 1.41 bits per heavy atom. The van der Waals surface area contributed by atoms with Crippen molar-refractivity contribution < 1.29 is 18.3 Å². The maximum absolute atomic E-state index is 6.10. The predicted molar refractivity (Wildman–Crippen MR) is 131 cm³/mol. The summed E-state index contributed by atoms with van der Waals surface area (Å²) in [5.74, 6) is 0. The van der Waals surface area contributed by atoms with Gasteiger partial charge in [-0.25, -0.2) is 0 Å². The average molecular weight is 450 g/mol. The van der Waals surface area contributed by atoms with Gasteiger partial charge in [-0.15, -0.1) is 0 Å². The largest absolute Gasteiger partial charge is 0.424 e. The first-order chi connectivity index (χ1) is 13.8. The molecule has 0 amide bonds. The number of rotatable bonds is 22. The molecule has 0 aliphatic heterocycles. The SMILES string of the molecule is CCO[SiH2]CCCCCOC(C)(C)CNCC(C)(C)OCCCCC[SiH2]OCC. The van der Waals surface area contributed by atoms with E-state index in [2.05, 4.69) is 46.9 Å². The van der Waals surface area contributed by atoms with Crippen molar-refractivity contribution in [2.24, 2.45) is 0 Å². The van der Waals surface area contributed by atoms with Crippen LogP contribution in [0.5, 0.6) is 0 Å². The number of unbranched alkanes of at least 4 members (excludes halogenated alkanes) is 4. The summed E-state index contributed by atoms with van der Waals surface area (Å²) in [5, 5.41) is 3.54. The van der Waals surface area contributed by atoms with Crippen molar-refractivity contribution in [3.8, 4) is 0 Å².